The molecule has 0 aromatic carbocycles. The Kier molecular flexibility index (Phi) is 4.81. The van der Waals surface area contributed by atoms with Gasteiger partial charge in [-0.05, 0) is 52.0 Å². The first-order valence-corrected chi connectivity index (χ1v) is 10.8. The molecule has 4 N–H and O–H groups in total. The first kappa shape index (κ1) is 19.8. The fraction of sp³-hybridized carbons (Fsp3) is 0.524. The monoisotopic (exact) mass is 425 g/mol. The zero-order chi connectivity index (χ0) is 21.6. The molecule has 3 aromatic rings. The van der Waals surface area contributed by atoms with Crippen LogP contribution in [-0.4, -0.2) is 48.1 Å². The van der Waals surface area contributed by atoms with Crippen LogP contribution in [0.4, 0.5) is 16.4 Å². The van der Waals surface area contributed by atoms with Crippen molar-refractivity contribution >= 4 is 23.2 Å². The molecule has 2 aliphatic carbocycles. The van der Waals surface area contributed by atoms with E-state index in [0.717, 1.165) is 43.3 Å². The normalized spacial score (nSPS) is 22.1. The number of amides is 1. The third kappa shape index (κ3) is 4.07. The second kappa shape index (κ2) is 7.52. The van der Waals surface area contributed by atoms with Gasteiger partial charge in [-0.3, -0.25) is 5.10 Å². The van der Waals surface area contributed by atoms with Crippen molar-refractivity contribution in [1.29, 1.82) is 0 Å². The number of ether oxygens (including phenoxy) is 1. The van der Waals surface area contributed by atoms with Crippen LogP contribution in [0.15, 0.2) is 24.5 Å². The summed E-state index contributed by atoms with van der Waals surface area (Å²) in [5.74, 6) is 1.54. The molecule has 0 spiro atoms. The number of aromatic amines is 1. The van der Waals surface area contributed by atoms with E-state index in [1.807, 2.05) is 26.0 Å². The largest absolute Gasteiger partial charge is 0.446 e. The van der Waals surface area contributed by atoms with E-state index in [9.17, 15) is 9.90 Å². The van der Waals surface area contributed by atoms with Crippen LogP contribution in [0.2, 0.25) is 0 Å². The number of aromatic nitrogens is 5. The van der Waals surface area contributed by atoms with Gasteiger partial charge in [-0.25, -0.2) is 14.3 Å². The molecule has 0 saturated heterocycles. The molecule has 0 aliphatic heterocycles. The van der Waals surface area contributed by atoms with Crippen LogP contribution in [0.1, 0.15) is 63.3 Å². The minimum atomic E-state index is -0.796. The highest BCUT2D eigenvalue weighted by Crippen LogP contribution is 2.45. The summed E-state index contributed by atoms with van der Waals surface area (Å²) in [5.41, 5.74) is 1.67. The first-order valence-electron chi connectivity index (χ1n) is 10.8. The number of carbonyl (C=O) groups excluding carboxylic acids is 1. The number of anilines is 2. The number of rotatable bonds is 6. The number of aliphatic hydroxyl groups is 1. The lowest BCUT2D eigenvalue weighted by molar-refractivity contribution is 0.0981. The second-order valence-corrected chi connectivity index (χ2v) is 8.84. The molecule has 10 heteroatoms. The number of nitrogens with zero attached hydrogens (tertiary/aromatic N) is 4. The number of H-pyrrole nitrogens is 1. The number of nitrogens with one attached hydrogen (secondary N) is 3. The van der Waals surface area contributed by atoms with Gasteiger partial charge >= 0.3 is 6.09 Å². The summed E-state index contributed by atoms with van der Waals surface area (Å²) in [6, 6.07) is 3.90. The third-order valence-corrected chi connectivity index (χ3v) is 5.94. The summed E-state index contributed by atoms with van der Waals surface area (Å²) in [5, 5.41) is 28.3. The molecule has 2 fully saturated rings. The average Bonchev–Trinajstić information content (AvgIpc) is 3.14. The van der Waals surface area contributed by atoms with E-state index in [1.54, 1.807) is 16.9 Å². The van der Waals surface area contributed by atoms with Crippen molar-refractivity contribution in [3.63, 3.8) is 0 Å². The van der Waals surface area contributed by atoms with Crippen LogP contribution in [0.5, 0.6) is 0 Å². The van der Waals surface area contributed by atoms with Gasteiger partial charge in [0.1, 0.15) is 17.2 Å². The highest BCUT2D eigenvalue weighted by molar-refractivity contribution is 5.72. The molecular formula is C21H27N7O3. The fourth-order valence-electron chi connectivity index (χ4n) is 4.10. The zero-order valence-corrected chi connectivity index (χ0v) is 17.6. The molecule has 5 rings (SSSR count). The molecule has 0 unspecified atom stereocenters. The quantitative estimate of drug-likeness (QED) is 0.478. The first-order chi connectivity index (χ1) is 14.9. The van der Waals surface area contributed by atoms with E-state index >= 15 is 0 Å². The molecule has 3 aromatic heterocycles. The van der Waals surface area contributed by atoms with E-state index in [2.05, 4.69) is 30.9 Å². The highest BCUT2D eigenvalue weighted by Gasteiger charge is 2.44. The van der Waals surface area contributed by atoms with Crippen LogP contribution in [0.3, 0.4) is 0 Å². The maximum atomic E-state index is 11.8. The number of hydrogen-bond acceptors (Lipinski definition) is 7. The van der Waals surface area contributed by atoms with E-state index in [4.69, 9.17) is 4.74 Å². The molecule has 10 nitrogen and oxygen atoms in total. The average molecular weight is 425 g/mol. The summed E-state index contributed by atoms with van der Waals surface area (Å²) in [6.07, 6.45) is 6.99. The molecule has 164 valence electrons. The van der Waals surface area contributed by atoms with E-state index in [1.165, 1.54) is 0 Å². The lowest BCUT2D eigenvalue weighted by Crippen LogP contribution is -2.33. The molecule has 1 amide bonds. The number of alkyl carbamates (subject to hydrolysis) is 1. The van der Waals surface area contributed by atoms with Crippen LogP contribution in [0, 0.1) is 0 Å². The Hall–Kier alpha value is -3.14. The SMILES string of the molecule is CC(C)NC(=O)O[C@@H]1CC[C@H](c2cc(Nc3nccn4nc(C5(O)CC5)cc34)n[nH]2)C1. The van der Waals surface area contributed by atoms with Gasteiger partial charge in [-0.2, -0.15) is 10.2 Å². The predicted molar refractivity (Wildman–Crippen MR) is 113 cm³/mol. The Balaban J connectivity index is 1.26. The zero-order valence-electron chi connectivity index (χ0n) is 17.6. The van der Waals surface area contributed by atoms with Gasteiger partial charge in [0.15, 0.2) is 11.6 Å². The van der Waals surface area contributed by atoms with Crippen molar-refractivity contribution in [3.8, 4) is 0 Å². The number of carbonyl (C=O) groups is 1. The molecule has 0 radical (unpaired) electrons. The smallest absolute Gasteiger partial charge is 0.407 e. The van der Waals surface area contributed by atoms with Crippen LogP contribution in [0.25, 0.3) is 5.52 Å². The summed E-state index contributed by atoms with van der Waals surface area (Å²) in [4.78, 5) is 16.3. The van der Waals surface area contributed by atoms with E-state index in [-0.39, 0.29) is 24.2 Å². The van der Waals surface area contributed by atoms with Crippen molar-refractivity contribution in [2.75, 3.05) is 5.32 Å². The van der Waals surface area contributed by atoms with Crippen molar-refractivity contribution in [2.45, 2.75) is 69.6 Å². The van der Waals surface area contributed by atoms with Gasteiger partial charge in [-0.1, -0.05) is 0 Å². The Bertz CT molecular complexity index is 1100. The van der Waals surface area contributed by atoms with E-state index < -0.39 is 5.60 Å². The molecular weight excluding hydrogens is 398 g/mol. The molecule has 2 saturated carbocycles. The van der Waals surface area contributed by atoms with Gasteiger partial charge in [0.25, 0.3) is 0 Å². The Morgan fingerprint density at radius 2 is 2.19 bits per heavy atom. The van der Waals surface area contributed by atoms with Crippen molar-refractivity contribution in [3.05, 3.63) is 35.9 Å². The Labute approximate surface area is 179 Å². The van der Waals surface area contributed by atoms with Gasteiger partial charge in [0.05, 0.1) is 5.69 Å². The summed E-state index contributed by atoms with van der Waals surface area (Å²) in [7, 11) is 0. The number of hydrogen-bond donors (Lipinski definition) is 4. The highest BCUT2D eigenvalue weighted by atomic mass is 16.6. The maximum absolute atomic E-state index is 11.8. The van der Waals surface area contributed by atoms with Crippen molar-refractivity contribution < 1.29 is 14.6 Å². The third-order valence-electron chi connectivity index (χ3n) is 5.94. The maximum Gasteiger partial charge on any atom is 0.407 e. The summed E-state index contributed by atoms with van der Waals surface area (Å²) in [6.45, 7) is 3.82. The molecule has 3 heterocycles. The van der Waals surface area contributed by atoms with Gasteiger partial charge in [0, 0.05) is 36.1 Å². The Morgan fingerprint density at radius 1 is 1.35 bits per heavy atom. The molecule has 2 aliphatic rings. The number of fused-ring (bicyclic) bond motifs is 1. The van der Waals surface area contributed by atoms with E-state index in [0.29, 0.717) is 17.3 Å². The topological polar surface area (TPSA) is 129 Å². The van der Waals surface area contributed by atoms with Crippen LogP contribution < -0.4 is 10.6 Å². The minimum absolute atomic E-state index is 0.0584. The fourth-order valence-corrected chi connectivity index (χ4v) is 4.10. The standard InChI is InChI=1S/C21H27N7O3/c1-12(2)23-20(29)31-14-4-3-13(9-14)15-10-18(26-25-15)24-19-16-11-17(21(30)5-6-21)27-28(16)8-7-22-19/h7-8,10-14,30H,3-6,9H2,1-2H3,(H,23,29)(H2,22,24,25,26)/t13-,14+/m0/s1. The molecule has 0 bridgehead atoms. The van der Waals surface area contributed by atoms with Crippen LogP contribution >= 0.6 is 0 Å². The lowest BCUT2D eigenvalue weighted by atomic mass is 10.0. The summed E-state index contributed by atoms with van der Waals surface area (Å²) < 4.78 is 7.24. The second-order valence-electron chi connectivity index (χ2n) is 8.84. The van der Waals surface area contributed by atoms with Gasteiger partial charge < -0.3 is 20.5 Å². The molecule has 2 atom stereocenters. The van der Waals surface area contributed by atoms with Crippen LogP contribution in [-0.2, 0) is 10.3 Å². The molecule has 31 heavy (non-hydrogen) atoms. The van der Waals surface area contributed by atoms with Crippen molar-refractivity contribution in [1.82, 2.24) is 30.1 Å². The Morgan fingerprint density at radius 3 is 2.97 bits per heavy atom. The van der Waals surface area contributed by atoms with Gasteiger partial charge in [0.2, 0.25) is 0 Å². The van der Waals surface area contributed by atoms with Crippen molar-refractivity contribution in [2.24, 2.45) is 0 Å². The summed E-state index contributed by atoms with van der Waals surface area (Å²) >= 11 is 0. The minimum Gasteiger partial charge on any atom is -0.446 e. The predicted octanol–water partition coefficient (Wildman–Crippen LogP) is 2.95. The lowest BCUT2D eigenvalue weighted by Gasteiger charge is -2.14. The van der Waals surface area contributed by atoms with Gasteiger partial charge in [-0.15, -0.1) is 0 Å².